The number of carbonyl (C=O) groups is 1. The molecular weight excluding hydrogens is 357 g/mol. The Morgan fingerprint density at radius 2 is 2.29 bits per heavy atom. The average molecular weight is 366 g/mol. The fourth-order valence-electron chi connectivity index (χ4n) is 0.909. The zero-order valence-corrected chi connectivity index (χ0v) is 11.3. The zero-order valence-electron chi connectivity index (χ0n) is 7.55. The molecular formula is C10H9BrINO. The van der Waals surface area contributed by atoms with Crippen molar-refractivity contribution < 1.29 is 4.79 Å². The van der Waals surface area contributed by atoms with Crippen molar-refractivity contribution in [2.75, 3.05) is 5.32 Å². The minimum absolute atomic E-state index is 0.111. The smallest absolute Gasteiger partial charge is 0.248 e. The van der Waals surface area contributed by atoms with Crippen LogP contribution in [0.25, 0.3) is 0 Å². The minimum atomic E-state index is -0.111. The molecule has 0 saturated carbocycles. The third-order valence-corrected chi connectivity index (χ3v) is 3.84. The molecule has 0 aliphatic rings. The van der Waals surface area contributed by atoms with Gasteiger partial charge in [0.2, 0.25) is 5.91 Å². The van der Waals surface area contributed by atoms with Gasteiger partial charge in [-0.2, -0.15) is 0 Å². The van der Waals surface area contributed by atoms with E-state index in [0.29, 0.717) is 0 Å². The van der Waals surface area contributed by atoms with Gasteiger partial charge in [0, 0.05) is 13.7 Å². The maximum atomic E-state index is 11.2. The third kappa shape index (κ3) is 3.42. The predicted octanol–water partition coefficient (Wildman–Crippen LogP) is 3.57. The van der Waals surface area contributed by atoms with Gasteiger partial charge in [0.1, 0.15) is 0 Å². The molecule has 1 amide bonds. The van der Waals surface area contributed by atoms with Crippen molar-refractivity contribution >= 4 is 50.1 Å². The van der Waals surface area contributed by atoms with Crippen molar-refractivity contribution in [1.29, 1.82) is 0 Å². The fraction of sp³-hybridized carbons (Fsp3) is 0.100. The summed E-state index contributed by atoms with van der Waals surface area (Å²) in [6.45, 7) is 1.81. The normalized spacial score (nSPS) is 10.5. The van der Waals surface area contributed by atoms with Crippen LogP contribution in [0.3, 0.4) is 0 Å². The lowest BCUT2D eigenvalue weighted by molar-refractivity contribution is -0.111. The summed E-state index contributed by atoms with van der Waals surface area (Å²) in [5.74, 6) is -0.111. The maximum absolute atomic E-state index is 11.2. The summed E-state index contributed by atoms with van der Waals surface area (Å²) in [7, 11) is 0. The van der Waals surface area contributed by atoms with Gasteiger partial charge in [-0.25, -0.2) is 0 Å². The summed E-state index contributed by atoms with van der Waals surface area (Å²) in [5, 5.41) is 2.75. The molecule has 74 valence electrons. The Morgan fingerprint density at radius 1 is 1.57 bits per heavy atom. The van der Waals surface area contributed by atoms with Crippen molar-refractivity contribution in [2.24, 2.45) is 0 Å². The molecule has 1 rings (SSSR count). The molecule has 0 aliphatic carbocycles. The summed E-state index contributed by atoms with van der Waals surface area (Å²) in [4.78, 5) is 11.2. The van der Waals surface area contributed by atoms with Gasteiger partial charge in [-0.15, -0.1) is 0 Å². The van der Waals surface area contributed by atoms with Crippen molar-refractivity contribution in [3.8, 4) is 0 Å². The topological polar surface area (TPSA) is 29.1 Å². The number of anilines is 1. The van der Waals surface area contributed by atoms with Gasteiger partial charge < -0.3 is 5.32 Å². The highest BCUT2D eigenvalue weighted by Gasteiger charge is 2.00. The van der Waals surface area contributed by atoms with Crippen LogP contribution in [0.15, 0.2) is 34.8 Å². The lowest BCUT2D eigenvalue weighted by atomic mass is 10.3. The molecule has 1 N–H and O–H groups in total. The van der Waals surface area contributed by atoms with E-state index < -0.39 is 0 Å². The average Bonchev–Trinajstić information content (AvgIpc) is 2.12. The SMILES string of the molecule is C/C=C/C(=O)Nc1ccc(I)c(Br)c1. The molecule has 0 atom stereocenters. The summed E-state index contributed by atoms with van der Waals surface area (Å²) in [6.07, 6.45) is 3.20. The third-order valence-electron chi connectivity index (χ3n) is 1.51. The Kier molecular flexibility index (Phi) is 4.60. The van der Waals surface area contributed by atoms with E-state index in [9.17, 15) is 4.79 Å². The van der Waals surface area contributed by atoms with Crippen LogP contribution < -0.4 is 5.32 Å². The first-order valence-corrected chi connectivity index (χ1v) is 5.89. The van der Waals surface area contributed by atoms with Crippen LogP contribution in [-0.4, -0.2) is 5.91 Å². The largest absolute Gasteiger partial charge is 0.322 e. The summed E-state index contributed by atoms with van der Waals surface area (Å²) in [6, 6.07) is 5.69. The summed E-state index contributed by atoms with van der Waals surface area (Å²) in [5.41, 5.74) is 0.792. The standard InChI is InChI=1S/C10H9BrINO/c1-2-3-10(14)13-7-4-5-9(12)8(11)6-7/h2-6H,1H3,(H,13,14)/b3-2+. The number of allylic oxidation sites excluding steroid dienone is 1. The quantitative estimate of drug-likeness (QED) is 0.630. The van der Waals surface area contributed by atoms with Crippen molar-refractivity contribution in [1.82, 2.24) is 0 Å². The second-order valence-electron chi connectivity index (χ2n) is 2.62. The van der Waals surface area contributed by atoms with E-state index in [4.69, 9.17) is 0 Å². The number of carbonyl (C=O) groups excluding carboxylic acids is 1. The predicted molar refractivity (Wildman–Crippen MR) is 70.3 cm³/mol. The zero-order chi connectivity index (χ0) is 10.6. The van der Waals surface area contributed by atoms with Gasteiger partial charge in [0.05, 0.1) is 0 Å². The van der Waals surface area contributed by atoms with Crippen LogP contribution in [0.1, 0.15) is 6.92 Å². The van der Waals surface area contributed by atoms with Crippen LogP contribution in [0.2, 0.25) is 0 Å². The number of halogens is 2. The van der Waals surface area contributed by atoms with Crippen LogP contribution in [0, 0.1) is 3.57 Å². The first-order valence-electron chi connectivity index (χ1n) is 4.02. The van der Waals surface area contributed by atoms with E-state index in [2.05, 4.69) is 43.8 Å². The summed E-state index contributed by atoms with van der Waals surface area (Å²) < 4.78 is 2.10. The number of benzene rings is 1. The van der Waals surface area contributed by atoms with E-state index in [1.54, 1.807) is 6.08 Å². The second kappa shape index (κ2) is 5.50. The Bertz CT molecular complexity index is 376. The van der Waals surface area contributed by atoms with Crippen molar-refractivity contribution in [2.45, 2.75) is 6.92 Å². The molecule has 0 fully saturated rings. The van der Waals surface area contributed by atoms with Gasteiger partial charge in [-0.05, 0) is 69.7 Å². The number of hydrogen-bond acceptors (Lipinski definition) is 1. The molecule has 0 radical (unpaired) electrons. The van der Waals surface area contributed by atoms with Gasteiger partial charge in [-0.3, -0.25) is 4.79 Å². The summed E-state index contributed by atoms with van der Waals surface area (Å²) >= 11 is 5.62. The van der Waals surface area contributed by atoms with Gasteiger partial charge in [0.15, 0.2) is 0 Å². The molecule has 0 saturated heterocycles. The van der Waals surface area contributed by atoms with Crippen LogP contribution in [0.4, 0.5) is 5.69 Å². The maximum Gasteiger partial charge on any atom is 0.248 e. The molecule has 14 heavy (non-hydrogen) atoms. The second-order valence-corrected chi connectivity index (χ2v) is 4.63. The van der Waals surface area contributed by atoms with Gasteiger partial charge in [0.25, 0.3) is 0 Å². The number of rotatable bonds is 2. The van der Waals surface area contributed by atoms with E-state index in [-0.39, 0.29) is 5.91 Å². The van der Waals surface area contributed by atoms with E-state index in [0.717, 1.165) is 13.7 Å². The van der Waals surface area contributed by atoms with Crippen molar-refractivity contribution in [3.05, 3.63) is 38.4 Å². The molecule has 0 aliphatic heterocycles. The molecule has 1 aromatic rings. The molecule has 0 unspecified atom stereocenters. The first-order chi connectivity index (χ1) is 6.63. The van der Waals surface area contributed by atoms with E-state index in [1.807, 2.05) is 25.1 Å². The molecule has 1 aromatic carbocycles. The minimum Gasteiger partial charge on any atom is -0.322 e. The van der Waals surface area contributed by atoms with Crippen LogP contribution in [0.5, 0.6) is 0 Å². The number of amides is 1. The number of nitrogens with one attached hydrogen (secondary N) is 1. The first kappa shape index (κ1) is 11.7. The Morgan fingerprint density at radius 3 is 2.86 bits per heavy atom. The molecule has 0 bridgehead atoms. The van der Waals surface area contributed by atoms with Gasteiger partial charge in [-0.1, -0.05) is 6.08 Å². The highest BCUT2D eigenvalue weighted by atomic mass is 127. The Balaban J connectivity index is 2.78. The van der Waals surface area contributed by atoms with Crippen molar-refractivity contribution in [3.63, 3.8) is 0 Å². The number of hydrogen-bond donors (Lipinski definition) is 1. The molecule has 0 spiro atoms. The Hall–Kier alpha value is -0.360. The fourth-order valence-corrected chi connectivity index (χ4v) is 1.62. The highest BCUT2D eigenvalue weighted by molar-refractivity contribution is 14.1. The van der Waals surface area contributed by atoms with E-state index >= 15 is 0 Å². The monoisotopic (exact) mass is 365 g/mol. The van der Waals surface area contributed by atoms with Crippen LogP contribution >= 0.6 is 38.5 Å². The Labute approximate surface area is 105 Å². The lowest BCUT2D eigenvalue weighted by Crippen LogP contribution is -2.07. The molecule has 0 aromatic heterocycles. The van der Waals surface area contributed by atoms with Gasteiger partial charge >= 0.3 is 0 Å². The molecule has 4 heteroatoms. The lowest BCUT2D eigenvalue weighted by Gasteiger charge is -2.03. The molecule has 0 heterocycles. The molecule has 2 nitrogen and oxygen atoms in total. The van der Waals surface area contributed by atoms with E-state index in [1.165, 1.54) is 6.08 Å². The van der Waals surface area contributed by atoms with Crippen LogP contribution in [-0.2, 0) is 4.79 Å². The highest BCUT2D eigenvalue weighted by Crippen LogP contribution is 2.22.